The van der Waals surface area contributed by atoms with Crippen LogP contribution in [0, 0.1) is 6.92 Å². The van der Waals surface area contributed by atoms with Gasteiger partial charge in [-0.1, -0.05) is 6.07 Å². The molecular weight excluding hydrogens is 266 g/mol. The first-order valence-corrected chi connectivity index (χ1v) is 7.34. The average molecular weight is 293 g/mol. The van der Waals surface area contributed by atoms with Crippen molar-refractivity contribution in [3.8, 4) is 0 Å². The molecule has 0 radical (unpaired) electrons. The Labute approximate surface area is 127 Å². The van der Waals surface area contributed by atoms with Crippen LogP contribution >= 0.6 is 0 Å². The third-order valence-electron chi connectivity index (χ3n) is 2.83. The highest BCUT2D eigenvalue weighted by molar-refractivity contribution is 5.67. The number of hydrogen-bond acceptors (Lipinski definition) is 4. The van der Waals surface area contributed by atoms with Crippen LogP contribution in [0.3, 0.4) is 0 Å². The first-order chi connectivity index (χ1) is 9.78. The van der Waals surface area contributed by atoms with Gasteiger partial charge in [-0.15, -0.1) is 0 Å². The molecule has 1 amide bonds. The summed E-state index contributed by atoms with van der Waals surface area (Å²) in [6.07, 6.45) is 2.47. The first kappa shape index (κ1) is 17.4. The van der Waals surface area contributed by atoms with Crippen molar-refractivity contribution in [3.05, 3.63) is 29.6 Å². The summed E-state index contributed by atoms with van der Waals surface area (Å²) in [6, 6.07) is 4.08. The van der Waals surface area contributed by atoms with E-state index in [1.165, 1.54) is 0 Å². The molecule has 0 unspecified atom stereocenters. The molecule has 21 heavy (non-hydrogen) atoms. The van der Waals surface area contributed by atoms with E-state index in [4.69, 9.17) is 4.74 Å². The lowest BCUT2D eigenvalue weighted by Gasteiger charge is -2.24. The van der Waals surface area contributed by atoms with E-state index in [1.807, 2.05) is 40.0 Å². The van der Waals surface area contributed by atoms with Crippen LogP contribution in [-0.4, -0.2) is 41.7 Å². The summed E-state index contributed by atoms with van der Waals surface area (Å²) in [5.74, 6) is 0. The van der Waals surface area contributed by atoms with Gasteiger partial charge < -0.3 is 15.0 Å². The highest BCUT2D eigenvalue weighted by Gasteiger charge is 2.18. The molecule has 0 spiro atoms. The Hall–Kier alpha value is -1.62. The summed E-state index contributed by atoms with van der Waals surface area (Å²) in [6.45, 7) is 9.89. The molecular formula is C16H27N3O2. The molecule has 1 aromatic heterocycles. The Bertz CT molecular complexity index is 438. The highest BCUT2D eigenvalue weighted by atomic mass is 16.6. The SMILES string of the molecule is Cc1ccc(CNCCCN(C)C(=O)OC(C)(C)C)nc1. The molecule has 0 aliphatic rings. The molecule has 0 aliphatic carbocycles. The number of amides is 1. The fourth-order valence-electron chi connectivity index (χ4n) is 1.69. The summed E-state index contributed by atoms with van der Waals surface area (Å²) in [5, 5.41) is 3.32. The van der Waals surface area contributed by atoms with Gasteiger partial charge in [0.05, 0.1) is 5.69 Å². The van der Waals surface area contributed by atoms with Gasteiger partial charge in [0, 0.05) is 26.3 Å². The van der Waals surface area contributed by atoms with Gasteiger partial charge in [0.15, 0.2) is 0 Å². The summed E-state index contributed by atoms with van der Waals surface area (Å²) >= 11 is 0. The van der Waals surface area contributed by atoms with Crippen molar-refractivity contribution in [2.75, 3.05) is 20.1 Å². The van der Waals surface area contributed by atoms with Crippen LogP contribution in [0.2, 0.25) is 0 Å². The lowest BCUT2D eigenvalue weighted by atomic mass is 10.2. The molecule has 5 heteroatoms. The van der Waals surface area contributed by atoms with E-state index in [0.29, 0.717) is 6.54 Å². The zero-order valence-corrected chi connectivity index (χ0v) is 13.8. The molecule has 0 aromatic carbocycles. The van der Waals surface area contributed by atoms with E-state index in [-0.39, 0.29) is 6.09 Å². The summed E-state index contributed by atoms with van der Waals surface area (Å²) < 4.78 is 5.29. The van der Waals surface area contributed by atoms with E-state index in [0.717, 1.165) is 30.8 Å². The Balaban J connectivity index is 2.16. The molecule has 1 aromatic rings. The second kappa shape index (κ2) is 7.98. The molecule has 0 atom stereocenters. The number of aryl methyl sites for hydroxylation is 1. The maximum Gasteiger partial charge on any atom is 0.410 e. The van der Waals surface area contributed by atoms with Crippen molar-refractivity contribution in [2.24, 2.45) is 0 Å². The third kappa shape index (κ3) is 7.66. The molecule has 0 saturated heterocycles. The van der Waals surface area contributed by atoms with Crippen molar-refractivity contribution in [1.82, 2.24) is 15.2 Å². The van der Waals surface area contributed by atoms with Gasteiger partial charge in [-0.3, -0.25) is 4.98 Å². The maximum absolute atomic E-state index is 11.7. The van der Waals surface area contributed by atoms with Gasteiger partial charge in [-0.2, -0.15) is 0 Å². The number of carbonyl (C=O) groups is 1. The van der Waals surface area contributed by atoms with Crippen LogP contribution in [-0.2, 0) is 11.3 Å². The highest BCUT2D eigenvalue weighted by Crippen LogP contribution is 2.09. The van der Waals surface area contributed by atoms with Gasteiger partial charge in [-0.25, -0.2) is 4.79 Å². The zero-order valence-electron chi connectivity index (χ0n) is 13.8. The maximum atomic E-state index is 11.7. The van der Waals surface area contributed by atoms with Gasteiger partial charge in [-0.05, 0) is 52.3 Å². The lowest BCUT2D eigenvalue weighted by molar-refractivity contribution is 0.0297. The topological polar surface area (TPSA) is 54.5 Å². The van der Waals surface area contributed by atoms with E-state index >= 15 is 0 Å². The number of nitrogens with one attached hydrogen (secondary N) is 1. The zero-order chi connectivity index (χ0) is 15.9. The van der Waals surface area contributed by atoms with Crippen molar-refractivity contribution in [2.45, 2.75) is 46.3 Å². The number of rotatable bonds is 6. The molecule has 118 valence electrons. The van der Waals surface area contributed by atoms with Gasteiger partial charge >= 0.3 is 6.09 Å². The van der Waals surface area contributed by atoms with Crippen LogP contribution in [0.4, 0.5) is 4.79 Å². The molecule has 5 nitrogen and oxygen atoms in total. The Morgan fingerprint density at radius 1 is 1.38 bits per heavy atom. The van der Waals surface area contributed by atoms with E-state index in [1.54, 1.807) is 11.9 Å². The van der Waals surface area contributed by atoms with Crippen molar-refractivity contribution >= 4 is 6.09 Å². The molecule has 1 rings (SSSR count). The Morgan fingerprint density at radius 3 is 2.67 bits per heavy atom. The molecule has 1 N–H and O–H groups in total. The van der Waals surface area contributed by atoms with Crippen LogP contribution < -0.4 is 5.32 Å². The Kier molecular flexibility index (Phi) is 6.62. The van der Waals surface area contributed by atoms with Crippen molar-refractivity contribution < 1.29 is 9.53 Å². The number of ether oxygens (including phenoxy) is 1. The molecule has 0 fully saturated rings. The van der Waals surface area contributed by atoms with Crippen LogP contribution in [0.1, 0.15) is 38.4 Å². The largest absolute Gasteiger partial charge is 0.444 e. The number of aromatic nitrogens is 1. The number of pyridine rings is 1. The Morgan fingerprint density at radius 2 is 2.10 bits per heavy atom. The van der Waals surface area contributed by atoms with E-state index < -0.39 is 5.60 Å². The number of nitrogens with zero attached hydrogens (tertiary/aromatic N) is 2. The third-order valence-corrected chi connectivity index (χ3v) is 2.83. The molecule has 1 heterocycles. The molecule has 0 aliphatic heterocycles. The van der Waals surface area contributed by atoms with Crippen LogP contribution in [0.15, 0.2) is 18.3 Å². The smallest absolute Gasteiger partial charge is 0.410 e. The minimum absolute atomic E-state index is 0.275. The monoisotopic (exact) mass is 293 g/mol. The molecule has 0 saturated carbocycles. The fourth-order valence-corrected chi connectivity index (χ4v) is 1.69. The second-order valence-corrected chi connectivity index (χ2v) is 6.26. The predicted molar refractivity (Wildman–Crippen MR) is 84.2 cm³/mol. The van der Waals surface area contributed by atoms with Gasteiger partial charge in [0.1, 0.15) is 5.60 Å². The predicted octanol–water partition coefficient (Wildman–Crippen LogP) is 2.74. The summed E-state index contributed by atoms with van der Waals surface area (Å²) in [5.41, 5.74) is 1.75. The standard InChI is InChI=1S/C16H27N3O2/c1-13-7-8-14(18-11-13)12-17-9-6-10-19(5)15(20)21-16(2,3)4/h7-8,11,17H,6,9-10,12H2,1-5H3. The van der Waals surface area contributed by atoms with Crippen LogP contribution in [0.5, 0.6) is 0 Å². The minimum Gasteiger partial charge on any atom is -0.444 e. The average Bonchev–Trinajstić information content (AvgIpc) is 2.38. The minimum atomic E-state index is -0.444. The van der Waals surface area contributed by atoms with Gasteiger partial charge in [0.25, 0.3) is 0 Å². The molecule has 0 bridgehead atoms. The summed E-state index contributed by atoms with van der Waals surface area (Å²) in [7, 11) is 1.76. The van der Waals surface area contributed by atoms with Gasteiger partial charge in [0.2, 0.25) is 0 Å². The quantitative estimate of drug-likeness (QED) is 0.819. The van der Waals surface area contributed by atoms with E-state index in [2.05, 4.69) is 16.4 Å². The summed E-state index contributed by atoms with van der Waals surface area (Å²) in [4.78, 5) is 17.7. The first-order valence-electron chi connectivity index (χ1n) is 7.34. The van der Waals surface area contributed by atoms with Crippen LogP contribution in [0.25, 0.3) is 0 Å². The normalized spacial score (nSPS) is 11.3. The van der Waals surface area contributed by atoms with Crippen molar-refractivity contribution in [1.29, 1.82) is 0 Å². The number of carbonyl (C=O) groups excluding carboxylic acids is 1. The fraction of sp³-hybridized carbons (Fsp3) is 0.625. The van der Waals surface area contributed by atoms with E-state index in [9.17, 15) is 4.79 Å². The lowest BCUT2D eigenvalue weighted by Crippen LogP contribution is -2.35. The number of hydrogen-bond donors (Lipinski definition) is 1. The second-order valence-electron chi connectivity index (χ2n) is 6.26. The van der Waals surface area contributed by atoms with Crippen molar-refractivity contribution in [3.63, 3.8) is 0 Å².